The molecular formula is C39H56N8O8. The summed E-state index contributed by atoms with van der Waals surface area (Å²) in [6.07, 6.45) is 1.45. The summed E-state index contributed by atoms with van der Waals surface area (Å²) in [5.74, 6) is 0.153. The van der Waals surface area contributed by atoms with Gasteiger partial charge in [-0.1, -0.05) is 38.1 Å². The average molecular weight is 765 g/mol. The zero-order valence-corrected chi connectivity index (χ0v) is 32.3. The van der Waals surface area contributed by atoms with Gasteiger partial charge in [0.1, 0.15) is 0 Å². The lowest BCUT2D eigenvalue weighted by Crippen LogP contribution is -2.50. The van der Waals surface area contributed by atoms with Crippen molar-refractivity contribution in [1.29, 1.82) is 0 Å². The van der Waals surface area contributed by atoms with Crippen molar-refractivity contribution in [3.05, 3.63) is 137 Å². The van der Waals surface area contributed by atoms with Crippen molar-refractivity contribution in [3.8, 4) is 0 Å². The Hall–Kier alpha value is -5.16. The molecule has 4 rings (SSSR count). The second-order valence-corrected chi connectivity index (χ2v) is 14.4. The number of nitrogens with zero attached hydrogens (tertiary/aromatic N) is 6. The summed E-state index contributed by atoms with van der Waals surface area (Å²) in [6, 6.07) is 18.2. The van der Waals surface area contributed by atoms with E-state index in [1.54, 1.807) is 48.5 Å². The third-order valence-corrected chi connectivity index (χ3v) is 10.8. The van der Waals surface area contributed by atoms with E-state index in [2.05, 4.69) is 48.1 Å². The van der Waals surface area contributed by atoms with Gasteiger partial charge in [-0.3, -0.25) is 29.0 Å². The van der Waals surface area contributed by atoms with Gasteiger partial charge in [0.15, 0.2) is 0 Å². The zero-order chi connectivity index (χ0) is 40.2. The monoisotopic (exact) mass is 764 g/mol. The molecule has 0 bridgehead atoms. The summed E-state index contributed by atoms with van der Waals surface area (Å²) >= 11 is 0. The van der Waals surface area contributed by atoms with E-state index >= 15 is 0 Å². The molecule has 300 valence electrons. The quantitative estimate of drug-likeness (QED) is 0.0536. The Bertz CT molecular complexity index is 2080. The van der Waals surface area contributed by atoms with E-state index in [-0.39, 0.29) is 36.5 Å². The Kier molecular flexibility index (Phi) is 15.5. The van der Waals surface area contributed by atoms with Gasteiger partial charge < -0.3 is 31.5 Å². The highest BCUT2D eigenvalue weighted by Gasteiger charge is 2.31. The molecule has 6 N–H and O–H groups in total. The number of hydrogen-bond acceptors (Lipinski definition) is 12. The van der Waals surface area contributed by atoms with Crippen molar-refractivity contribution in [3.63, 3.8) is 0 Å². The SMILES string of the molecule is CC(CCN(CCCNCc1cccc(=O)n1O)Cc1cccc(=O)n1O)C(C)N(Cc1cccc(=O)n1O)C(C)C(C)C(C)NCc1cccc(=O)n1O. The van der Waals surface area contributed by atoms with E-state index in [0.717, 1.165) is 6.42 Å². The molecule has 0 spiro atoms. The Balaban J connectivity index is 1.47. The highest BCUT2D eigenvalue weighted by atomic mass is 16.5. The van der Waals surface area contributed by atoms with Crippen LogP contribution in [0, 0.1) is 11.8 Å². The normalized spacial score (nSPS) is 14.5. The van der Waals surface area contributed by atoms with E-state index < -0.39 is 22.2 Å². The standard InChI is InChI=1S/C39H56N8O8/c1-27(19-22-42(25-34-13-8-17-38(50)46(34)54)21-10-20-40-23-32-11-6-15-36(48)44(32)52)30(4)43(26-35-14-9-18-39(51)47(35)55)31(5)28(2)29(3)41-24-33-12-7-16-37(49)45(33)53/h6-9,11-18,27-31,40-41,52-55H,10,19-26H2,1-5H3. The number of nitrogens with one attached hydrogen (secondary N) is 2. The summed E-state index contributed by atoms with van der Waals surface area (Å²) in [5.41, 5.74) is -0.250. The van der Waals surface area contributed by atoms with Crippen molar-refractivity contribution in [2.75, 3.05) is 19.6 Å². The van der Waals surface area contributed by atoms with Gasteiger partial charge in [-0.2, -0.15) is 18.9 Å². The van der Waals surface area contributed by atoms with Crippen molar-refractivity contribution in [2.45, 2.75) is 91.8 Å². The third kappa shape index (κ3) is 11.4. The highest BCUT2D eigenvalue weighted by Crippen LogP contribution is 2.25. The van der Waals surface area contributed by atoms with Crippen LogP contribution in [0.2, 0.25) is 0 Å². The first-order valence-corrected chi connectivity index (χ1v) is 18.7. The molecule has 5 atom stereocenters. The van der Waals surface area contributed by atoms with Gasteiger partial charge in [0, 0.05) is 68.6 Å². The second kappa shape index (κ2) is 20.0. The lowest BCUT2D eigenvalue weighted by atomic mass is 9.90. The lowest BCUT2D eigenvalue weighted by Gasteiger charge is -2.42. The van der Waals surface area contributed by atoms with Crippen LogP contribution in [-0.2, 0) is 26.2 Å². The number of hydrogen-bond donors (Lipinski definition) is 6. The molecule has 0 aliphatic carbocycles. The molecule has 4 aromatic rings. The smallest absolute Gasteiger partial charge is 0.283 e. The third-order valence-electron chi connectivity index (χ3n) is 10.8. The number of aromatic nitrogens is 4. The minimum atomic E-state index is -0.519. The molecule has 0 fully saturated rings. The van der Waals surface area contributed by atoms with Gasteiger partial charge in [-0.25, -0.2) is 0 Å². The van der Waals surface area contributed by atoms with Crippen LogP contribution < -0.4 is 32.9 Å². The summed E-state index contributed by atoms with van der Waals surface area (Å²) in [4.78, 5) is 52.7. The van der Waals surface area contributed by atoms with Crippen LogP contribution in [-0.4, -0.2) is 87.3 Å². The molecule has 4 heterocycles. The van der Waals surface area contributed by atoms with Gasteiger partial charge in [-0.15, -0.1) is 0 Å². The molecule has 0 saturated carbocycles. The van der Waals surface area contributed by atoms with Crippen LogP contribution in [0.4, 0.5) is 0 Å². The molecule has 4 aromatic heterocycles. The molecule has 0 amide bonds. The maximum atomic E-state index is 12.4. The number of rotatable bonds is 21. The molecule has 5 unspecified atom stereocenters. The minimum absolute atomic E-state index is 0.0325. The van der Waals surface area contributed by atoms with E-state index in [4.69, 9.17) is 0 Å². The summed E-state index contributed by atoms with van der Waals surface area (Å²) in [7, 11) is 0. The zero-order valence-electron chi connectivity index (χ0n) is 32.3. The van der Waals surface area contributed by atoms with Crippen molar-refractivity contribution in [1.82, 2.24) is 39.4 Å². The highest BCUT2D eigenvalue weighted by molar-refractivity contribution is 5.08. The van der Waals surface area contributed by atoms with Crippen LogP contribution in [0.1, 0.15) is 70.2 Å². The van der Waals surface area contributed by atoms with Crippen molar-refractivity contribution >= 4 is 0 Å². The Morgan fingerprint density at radius 1 is 0.582 bits per heavy atom. The van der Waals surface area contributed by atoms with Crippen LogP contribution in [0.15, 0.2) is 92.0 Å². The molecule has 0 aliphatic rings. The molecule has 0 aliphatic heterocycles. The predicted octanol–water partition coefficient (Wildman–Crippen LogP) is 2.38. The lowest BCUT2D eigenvalue weighted by molar-refractivity contribution is 0.0500. The summed E-state index contributed by atoms with van der Waals surface area (Å²) in [6.45, 7) is 13.6. The van der Waals surface area contributed by atoms with Crippen LogP contribution in [0.25, 0.3) is 0 Å². The fourth-order valence-electron chi connectivity index (χ4n) is 6.72. The van der Waals surface area contributed by atoms with E-state index in [1.165, 1.54) is 24.3 Å². The molecular weight excluding hydrogens is 708 g/mol. The molecule has 16 nitrogen and oxygen atoms in total. The largest absolute Gasteiger partial charge is 0.425 e. The van der Waals surface area contributed by atoms with Crippen molar-refractivity contribution in [2.24, 2.45) is 11.8 Å². The maximum absolute atomic E-state index is 12.4. The fourth-order valence-corrected chi connectivity index (χ4v) is 6.72. The minimum Gasteiger partial charge on any atom is -0.425 e. The second-order valence-electron chi connectivity index (χ2n) is 14.4. The van der Waals surface area contributed by atoms with Gasteiger partial charge in [0.2, 0.25) is 0 Å². The summed E-state index contributed by atoms with van der Waals surface area (Å²) in [5, 5.41) is 48.0. The molecule has 55 heavy (non-hydrogen) atoms. The first-order chi connectivity index (χ1) is 26.2. The first-order valence-electron chi connectivity index (χ1n) is 18.7. The van der Waals surface area contributed by atoms with Gasteiger partial charge in [0.25, 0.3) is 22.2 Å². The first kappa shape index (κ1) is 42.6. The molecule has 0 radical (unpaired) electrons. The van der Waals surface area contributed by atoms with Gasteiger partial charge >= 0.3 is 0 Å². The molecule has 0 saturated heterocycles. The van der Waals surface area contributed by atoms with Crippen molar-refractivity contribution < 1.29 is 20.8 Å². The van der Waals surface area contributed by atoms with E-state index in [9.17, 15) is 40.0 Å². The number of pyridine rings is 4. The average Bonchev–Trinajstić information content (AvgIpc) is 3.16. The molecule has 16 heteroatoms. The Morgan fingerprint density at radius 3 is 1.56 bits per heavy atom. The maximum Gasteiger partial charge on any atom is 0.283 e. The van der Waals surface area contributed by atoms with Crippen LogP contribution in [0.3, 0.4) is 0 Å². The van der Waals surface area contributed by atoms with Crippen LogP contribution in [0.5, 0.6) is 0 Å². The fraction of sp³-hybridized carbons (Fsp3) is 0.487. The summed E-state index contributed by atoms with van der Waals surface area (Å²) < 4.78 is 2.61. The molecule has 0 aromatic carbocycles. The van der Waals surface area contributed by atoms with E-state index in [0.29, 0.717) is 87.4 Å². The van der Waals surface area contributed by atoms with Gasteiger partial charge in [-0.05, 0) is 89.3 Å². The van der Waals surface area contributed by atoms with Crippen LogP contribution >= 0.6 is 0 Å². The Labute approximate surface area is 320 Å². The predicted molar refractivity (Wildman–Crippen MR) is 207 cm³/mol. The topological polar surface area (TPSA) is 199 Å². The van der Waals surface area contributed by atoms with Gasteiger partial charge in [0.05, 0.1) is 22.8 Å². The Morgan fingerprint density at radius 2 is 1.04 bits per heavy atom. The van der Waals surface area contributed by atoms with E-state index in [1.807, 2.05) is 6.92 Å².